The fourth-order valence-electron chi connectivity index (χ4n) is 3.82. The summed E-state index contributed by atoms with van der Waals surface area (Å²) in [5.74, 6) is -2.80. The second kappa shape index (κ2) is 9.40. The van der Waals surface area contributed by atoms with E-state index in [-0.39, 0.29) is 38.6 Å². The largest absolute Gasteiger partial charge is 0.433 e. The van der Waals surface area contributed by atoms with Gasteiger partial charge in [0, 0.05) is 13.0 Å². The lowest BCUT2D eigenvalue weighted by Gasteiger charge is -2.39. The smallest absolute Gasteiger partial charge is 0.311 e. The second-order valence-corrected chi connectivity index (χ2v) is 10.9. The summed E-state index contributed by atoms with van der Waals surface area (Å²) in [7, 11) is -4.52. The Labute approximate surface area is 197 Å². The third kappa shape index (κ3) is 5.60. The number of carbonyl (C=O) groups is 1. The number of hydrogen-bond acceptors (Lipinski definition) is 4. The highest BCUT2D eigenvalue weighted by molar-refractivity contribution is 7.92. The lowest BCUT2D eigenvalue weighted by molar-refractivity contribution is -0.141. The van der Waals surface area contributed by atoms with Gasteiger partial charge < -0.3 is 4.90 Å². The summed E-state index contributed by atoms with van der Waals surface area (Å²) in [6.07, 6.45) is -8.99. The summed E-state index contributed by atoms with van der Waals surface area (Å²) < 4.78 is 116. The molecule has 2 heterocycles. The number of nitrogens with zero attached hydrogens (tertiary/aromatic N) is 2. The Balaban J connectivity index is 0.00000432. The lowest BCUT2D eigenvalue weighted by Crippen LogP contribution is -2.48. The molecule has 1 aromatic carbocycles. The molecule has 1 saturated heterocycles. The summed E-state index contributed by atoms with van der Waals surface area (Å²) in [6, 6.07) is 2.82. The van der Waals surface area contributed by atoms with Crippen LogP contribution >= 0.6 is 0 Å². The maximum Gasteiger partial charge on any atom is 0.433 e. The number of sulfone groups is 1. The molecule has 13 heteroatoms. The number of benzene rings is 1. The zero-order valence-electron chi connectivity index (χ0n) is 17.8. The first kappa shape index (κ1) is 28.5. The second-order valence-electron chi connectivity index (χ2n) is 8.41. The zero-order valence-corrected chi connectivity index (χ0v) is 18.7. The van der Waals surface area contributed by atoms with E-state index in [4.69, 9.17) is 0 Å². The molecule has 2 aromatic rings. The minimum absolute atomic E-state index is 0. The number of amides is 1. The van der Waals surface area contributed by atoms with Gasteiger partial charge in [-0.15, -0.1) is 0 Å². The third-order valence-electron chi connectivity index (χ3n) is 5.96. The third-order valence-corrected chi connectivity index (χ3v) is 8.53. The van der Waals surface area contributed by atoms with Gasteiger partial charge in [-0.1, -0.05) is 7.43 Å². The van der Waals surface area contributed by atoms with Crippen LogP contribution in [0.5, 0.6) is 0 Å². The van der Waals surface area contributed by atoms with Crippen LogP contribution in [-0.4, -0.2) is 30.6 Å². The monoisotopic (exact) mass is 528 g/mol. The average Bonchev–Trinajstić information content (AvgIpc) is 2.72. The molecule has 0 N–H and O–H groups in total. The van der Waals surface area contributed by atoms with Gasteiger partial charge in [-0.3, -0.25) is 4.79 Å². The predicted octanol–water partition coefficient (Wildman–Crippen LogP) is 5.89. The van der Waals surface area contributed by atoms with E-state index in [1.54, 1.807) is 0 Å². The summed E-state index contributed by atoms with van der Waals surface area (Å²) >= 11 is 0. The van der Waals surface area contributed by atoms with Crippen molar-refractivity contribution in [1.82, 2.24) is 4.98 Å². The maximum absolute atomic E-state index is 13.8. The van der Waals surface area contributed by atoms with E-state index in [1.807, 2.05) is 0 Å². The molecule has 0 saturated carbocycles. The van der Waals surface area contributed by atoms with Crippen LogP contribution in [0, 0.1) is 11.7 Å². The quantitative estimate of drug-likeness (QED) is 0.465. The topological polar surface area (TPSA) is 67.3 Å². The van der Waals surface area contributed by atoms with Crippen LogP contribution in [0.2, 0.25) is 0 Å². The standard InChI is InChI=1S/C21H19F7N2O3S.CH4/c1-19(2,34(32,33)16-8-13(20(23,24)25)7-14(22)10-16)12-5-6-30(18(31)9-12)15-3-4-17(29-11-15)21(26,27)28;/h3-4,7-8,10-12H,5-6,9H2,1-2H3;1H4/t12-;/m1./s1. The van der Waals surface area contributed by atoms with Gasteiger partial charge in [0.05, 0.1) is 27.1 Å². The van der Waals surface area contributed by atoms with Crippen molar-refractivity contribution in [3.63, 3.8) is 0 Å². The Bertz CT molecular complexity index is 1190. The summed E-state index contributed by atoms with van der Waals surface area (Å²) in [5.41, 5.74) is -2.50. The van der Waals surface area contributed by atoms with E-state index in [1.165, 1.54) is 13.8 Å². The molecule has 1 amide bonds. The molecular weight excluding hydrogens is 505 g/mol. The number of alkyl halides is 6. The molecule has 0 radical (unpaired) electrons. The minimum Gasteiger partial charge on any atom is -0.311 e. The van der Waals surface area contributed by atoms with Crippen molar-refractivity contribution >= 4 is 21.4 Å². The molecule has 0 bridgehead atoms. The van der Waals surface area contributed by atoms with Gasteiger partial charge in [0.2, 0.25) is 5.91 Å². The average molecular weight is 528 g/mol. The van der Waals surface area contributed by atoms with Crippen molar-refractivity contribution in [3.05, 3.63) is 53.6 Å². The maximum atomic E-state index is 13.8. The van der Waals surface area contributed by atoms with Gasteiger partial charge in [0.1, 0.15) is 11.5 Å². The van der Waals surface area contributed by atoms with E-state index in [9.17, 15) is 43.9 Å². The SMILES string of the molecule is C.CC(C)([C@@H]1CCN(c2ccc(C(F)(F)F)nc2)C(=O)C1)S(=O)(=O)c1cc(F)cc(C(F)(F)F)c1. The van der Waals surface area contributed by atoms with Crippen molar-refractivity contribution in [2.24, 2.45) is 5.92 Å². The van der Waals surface area contributed by atoms with Crippen LogP contribution in [0.3, 0.4) is 0 Å². The van der Waals surface area contributed by atoms with Crippen molar-refractivity contribution in [2.45, 2.75) is 56.1 Å². The molecule has 1 aliphatic rings. The number of rotatable bonds is 4. The first-order valence-corrected chi connectivity index (χ1v) is 11.4. The molecule has 0 spiro atoms. The van der Waals surface area contributed by atoms with Crippen molar-refractivity contribution in [3.8, 4) is 0 Å². The molecule has 0 unspecified atom stereocenters. The predicted molar refractivity (Wildman–Crippen MR) is 114 cm³/mol. The van der Waals surface area contributed by atoms with E-state index in [0.29, 0.717) is 18.2 Å². The number of hydrogen-bond donors (Lipinski definition) is 0. The van der Waals surface area contributed by atoms with Gasteiger partial charge in [-0.25, -0.2) is 17.8 Å². The van der Waals surface area contributed by atoms with Crippen LogP contribution in [0.15, 0.2) is 41.4 Å². The molecule has 35 heavy (non-hydrogen) atoms. The number of carbonyl (C=O) groups excluding carboxylic acids is 1. The minimum atomic E-state index is -4.96. The van der Waals surface area contributed by atoms with E-state index in [0.717, 1.165) is 17.2 Å². The number of pyridine rings is 1. The van der Waals surface area contributed by atoms with Crippen molar-refractivity contribution in [2.75, 3.05) is 11.4 Å². The number of piperidine rings is 1. The Hall–Kier alpha value is -2.70. The Morgan fingerprint density at radius 1 is 1.00 bits per heavy atom. The molecule has 1 aliphatic heterocycles. The summed E-state index contributed by atoms with van der Waals surface area (Å²) in [6.45, 7) is 2.44. The molecular formula is C22H23F7N2O3S. The molecule has 1 fully saturated rings. The molecule has 0 aliphatic carbocycles. The van der Waals surface area contributed by atoms with Gasteiger partial charge in [0.15, 0.2) is 9.84 Å². The number of aromatic nitrogens is 1. The molecule has 1 aromatic heterocycles. The van der Waals surface area contributed by atoms with E-state index >= 15 is 0 Å². The van der Waals surface area contributed by atoms with Gasteiger partial charge in [-0.05, 0) is 56.5 Å². The first-order valence-electron chi connectivity index (χ1n) is 9.90. The Morgan fingerprint density at radius 2 is 1.63 bits per heavy atom. The van der Waals surface area contributed by atoms with Crippen molar-refractivity contribution in [1.29, 1.82) is 0 Å². The van der Waals surface area contributed by atoms with E-state index in [2.05, 4.69) is 4.98 Å². The summed E-state index contributed by atoms with van der Waals surface area (Å²) in [5, 5.41) is 0. The van der Waals surface area contributed by atoms with Crippen LogP contribution in [0.4, 0.5) is 36.4 Å². The molecule has 3 rings (SSSR count). The molecule has 194 valence electrons. The van der Waals surface area contributed by atoms with Crippen LogP contribution in [0.1, 0.15) is 45.4 Å². The van der Waals surface area contributed by atoms with Crippen LogP contribution in [0.25, 0.3) is 0 Å². The number of anilines is 1. The normalized spacial score (nSPS) is 17.8. The van der Waals surface area contributed by atoms with Gasteiger partial charge in [0.25, 0.3) is 0 Å². The molecule has 1 atom stereocenters. The summed E-state index contributed by atoms with van der Waals surface area (Å²) in [4.78, 5) is 16.3. The zero-order chi connectivity index (χ0) is 25.7. The van der Waals surface area contributed by atoms with Crippen LogP contribution in [-0.2, 0) is 27.0 Å². The van der Waals surface area contributed by atoms with Crippen molar-refractivity contribution < 1.29 is 43.9 Å². The van der Waals surface area contributed by atoms with E-state index < -0.39 is 60.7 Å². The molecule has 5 nitrogen and oxygen atoms in total. The van der Waals surface area contributed by atoms with Crippen LogP contribution < -0.4 is 4.90 Å². The van der Waals surface area contributed by atoms with Gasteiger partial charge >= 0.3 is 12.4 Å². The highest BCUT2D eigenvalue weighted by atomic mass is 32.2. The fourth-order valence-corrected chi connectivity index (χ4v) is 5.61. The Kier molecular flexibility index (Phi) is 7.66. The lowest BCUT2D eigenvalue weighted by atomic mass is 9.85. The van der Waals surface area contributed by atoms with Gasteiger partial charge in [-0.2, -0.15) is 26.3 Å². The fraction of sp³-hybridized carbons (Fsp3) is 0.455. The highest BCUT2D eigenvalue weighted by Crippen LogP contribution is 2.41. The number of halogens is 7. The Morgan fingerprint density at radius 3 is 2.11 bits per heavy atom. The highest BCUT2D eigenvalue weighted by Gasteiger charge is 2.47. The first-order chi connectivity index (χ1) is 15.4.